The van der Waals surface area contributed by atoms with Crippen molar-refractivity contribution >= 4 is 0 Å². The van der Waals surface area contributed by atoms with E-state index < -0.39 is 0 Å². The zero-order valence-electron chi connectivity index (χ0n) is 12.7. The molecule has 19 heavy (non-hydrogen) atoms. The second-order valence-corrected chi connectivity index (χ2v) is 7.03. The summed E-state index contributed by atoms with van der Waals surface area (Å²) in [5.74, 6) is 0. The van der Waals surface area contributed by atoms with E-state index in [1.807, 2.05) is 12.5 Å². The fourth-order valence-corrected chi connectivity index (χ4v) is 2.91. The van der Waals surface area contributed by atoms with Crippen molar-refractivity contribution in [1.82, 2.24) is 14.9 Å². The number of hydrogen-bond donors (Lipinski definition) is 1. The minimum atomic E-state index is 0.274. The van der Waals surface area contributed by atoms with Crippen LogP contribution in [0, 0.1) is 5.41 Å². The molecule has 1 N–H and O–H groups in total. The standard InChI is InChI=1S/C16H29N3/c1-16(2,3)15(12-19-11-10-17-13-19)18-14-8-6-4-5-7-9-14/h10-11,13-15,18H,4-9,12H2,1-3H3. The van der Waals surface area contributed by atoms with Crippen LogP contribution in [0.5, 0.6) is 0 Å². The summed E-state index contributed by atoms with van der Waals surface area (Å²) in [5.41, 5.74) is 0.274. The molecule has 0 bridgehead atoms. The molecule has 0 radical (unpaired) electrons. The summed E-state index contributed by atoms with van der Waals surface area (Å²) in [4.78, 5) is 4.15. The summed E-state index contributed by atoms with van der Waals surface area (Å²) in [6.07, 6.45) is 14.2. The Bertz CT molecular complexity index is 343. The Morgan fingerprint density at radius 1 is 1.21 bits per heavy atom. The molecule has 1 aromatic heterocycles. The van der Waals surface area contributed by atoms with E-state index >= 15 is 0 Å². The van der Waals surface area contributed by atoms with Gasteiger partial charge in [-0.05, 0) is 18.3 Å². The fourth-order valence-electron chi connectivity index (χ4n) is 2.91. The lowest BCUT2D eigenvalue weighted by Gasteiger charge is -2.35. The highest BCUT2D eigenvalue weighted by molar-refractivity contribution is 4.87. The average molecular weight is 263 g/mol. The molecule has 2 rings (SSSR count). The Balaban J connectivity index is 1.97. The molecule has 3 nitrogen and oxygen atoms in total. The van der Waals surface area contributed by atoms with E-state index in [2.05, 4.69) is 41.8 Å². The maximum Gasteiger partial charge on any atom is 0.0946 e. The highest BCUT2D eigenvalue weighted by Gasteiger charge is 2.27. The Hall–Kier alpha value is -0.830. The van der Waals surface area contributed by atoms with Crippen molar-refractivity contribution < 1.29 is 0 Å². The van der Waals surface area contributed by atoms with Crippen molar-refractivity contribution in [3.63, 3.8) is 0 Å². The second kappa shape index (κ2) is 6.56. The Morgan fingerprint density at radius 2 is 1.89 bits per heavy atom. The molecule has 1 aliphatic rings. The number of nitrogens with one attached hydrogen (secondary N) is 1. The molecule has 108 valence electrons. The van der Waals surface area contributed by atoms with E-state index in [1.54, 1.807) is 0 Å². The van der Waals surface area contributed by atoms with Crippen LogP contribution in [-0.2, 0) is 6.54 Å². The molecule has 0 aromatic carbocycles. The number of nitrogens with zero attached hydrogens (tertiary/aromatic N) is 2. The molecule has 1 aromatic rings. The molecule has 1 atom stereocenters. The summed E-state index contributed by atoms with van der Waals surface area (Å²) in [6.45, 7) is 8.01. The van der Waals surface area contributed by atoms with Gasteiger partial charge in [-0.2, -0.15) is 0 Å². The molecular weight excluding hydrogens is 234 g/mol. The van der Waals surface area contributed by atoms with E-state index in [-0.39, 0.29) is 5.41 Å². The number of hydrogen-bond acceptors (Lipinski definition) is 2. The van der Waals surface area contributed by atoms with Gasteiger partial charge in [0.15, 0.2) is 0 Å². The lowest BCUT2D eigenvalue weighted by atomic mass is 9.85. The molecule has 0 spiro atoms. The third-order valence-corrected chi connectivity index (χ3v) is 4.29. The van der Waals surface area contributed by atoms with Gasteiger partial charge in [-0.3, -0.25) is 0 Å². The Morgan fingerprint density at radius 3 is 2.42 bits per heavy atom. The minimum absolute atomic E-state index is 0.274. The Kier molecular flexibility index (Phi) is 5.03. The molecule has 3 heteroatoms. The van der Waals surface area contributed by atoms with Crippen LogP contribution in [0.1, 0.15) is 59.3 Å². The molecule has 0 saturated heterocycles. The lowest BCUT2D eigenvalue weighted by Crippen LogP contribution is -2.48. The number of imidazole rings is 1. The molecule has 0 aliphatic heterocycles. The smallest absolute Gasteiger partial charge is 0.0946 e. The van der Waals surface area contributed by atoms with E-state index in [4.69, 9.17) is 0 Å². The zero-order chi connectivity index (χ0) is 13.7. The summed E-state index contributed by atoms with van der Waals surface area (Å²) in [5, 5.41) is 3.93. The lowest BCUT2D eigenvalue weighted by molar-refractivity contribution is 0.214. The summed E-state index contributed by atoms with van der Waals surface area (Å²) >= 11 is 0. The molecule has 1 aliphatic carbocycles. The normalized spacial score (nSPS) is 20.2. The zero-order valence-corrected chi connectivity index (χ0v) is 12.7. The van der Waals surface area contributed by atoms with Crippen molar-refractivity contribution in [3.05, 3.63) is 18.7 Å². The van der Waals surface area contributed by atoms with Gasteiger partial charge in [-0.1, -0.05) is 46.5 Å². The van der Waals surface area contributed by atoms with Crippen LogP contribution in [0.4, 0.5) is 0 Å². The molecular formula is C16H29N3. The number of rotatable bonds is 4. The highest BCUT2D eigenvalue weighted by atomic mass is 15.1. The van der Waals surface area contributed by atoms with Gasteiger partial charge in [0.05, 0.1) is 6.33 Å². The van der Waals surface area contributed by atoms with E-state index in [9.17, 15) is 0 Å². The van der Waals surface area contributed by atoms with Crippen molar-refractivity contribution in [2.24, 2.45) is 5.41 Å². The second-order valence-electron chi connectivity index (χ2n) is 7.03. The predicted molar refractivity (Wildman–Crippen MR) is 80.1 cm³/mol. The SMILES string of the molecule is CC(C)(C)C(Cn1ccnc1)NC1CCCCCC1. The first-order valence-electron chi connectivity index (χ1n) is 7.77. The first kappa shape index (κ1) is 14.6. The van der Waals surface area contributed by atoms with Gasteiger partial charge < -0.3 is 9.88 Å². The summed E-state index contributed by atoms with van der Waals surface area (Å²) < 4.78 is 2.19. The van der Waals surface area contributed by atoms with Crippen LogP contribution in [0.2, 0.25) is 0 Å². The van der Waals surface area contributed by atoms with Crippen molar-refractivity contribution in [3.8, 4) is 0 Å². The van der Waals surface area contributed by atoms with Crippen LogP contribution in [-0.4, -0.2) is 21.6 Å². The van der Waals surface area contributed by atoms with Crippen molar-refractivity contribution in [2.45, 2.75) is 77.9 Å². The summed E-state index contributed by atoms with van der Waals surface area (Å²) in [6, 6.07) is 1.21. The van der Waals surface area contributed by atoms with Gasteiger partial charge in [0, 0.05) is 31.0 Å². The van der Waals surface area contributed by atoms with Gasteiger partial charge in [0.25, 0.3) is 0 Å². The molecule has 1 heterocycles. The quantitative estimate of drug-likeness (QED) is 0.841. The molecule has 1 unspecified atom stereocenters. The van der Waals surface area contributed by atoms with Gasteiger partial charge in [0.2, 0.25) is 0 Å². The van der Waals surface area contributed by atoms with Gasteiger partial charge in [-0.25, -0.2) is 4.98 Å². The Labute approximate surface area is 117 Å². The van der Waals surface area contributed by atoms with Gasteiger partial charge >= 0.3 is 0 Å². The largest absolute Gasteiger partial charge is 0.336 e. The maximum absolute atomic E-state index is 4.15. The van der Waals surface area contributed by atoms with E-state index in [0.29, 0.717) is 12.1 Å². The van der Waals surface area contributed by atoms with Crippen LogP contribution in [0.15, 0.2) is 18.7 Å². The van der Waals surface area contributed by atoms with Gasteiger partial charge in [-0.15, -0.1) is 0 Å². The third kappa shape index (κ3) is 4.64. The van der Waals surface area contributed by atoms with Crippen molar-refractivity contribution in [2.75, 3.05) is 0 Å². The maximum atomic E-state index is 4.15. The molecule has 1 saturated carbocycles. The first-order chi connectivity index (χ1) is 9.05. The van der Waals surface area contributed by atoms with Crippen molar-refractivity contribution in [1.29, 1.82) is 0 Å². The third-order valence-electron chi connectivity index (χ3n) is 4.29. The predicted octanol–water partition coefficient (Wildman–Crippen LogP) is 3.61. The van der Waals surface area contributed by atoms with E-state index in [1.165, 1.54) is 38.5 Å². The topological polar surface area (TPSA) is 29.9 Å². The van der Waals surface area contributed by atoms with Crippen LogP contribution in [0.25, 0.3) is 0 Å². The van der Waals surface area contributed by atoms with Gasteiger partial charge in [0.1, 0.15) is 0 Å². The van der Waals surface area contributed by atoms with Crippen LogP contribution < -0.4 is 5.32 Å². The van der Waals surface area contributed by atoms with Crippen LogP contribution >= 0.6 is 0 Å². The number of aromatic nitrogens is 2. The molecule has 1 fully saturated rings. The van der Waals surface area contributed by atoms with Crippen LogP contribution in [0.3, 0.4) is 0 Å². The summed E-state index contributed by atoms with van der Waals surface area (Å²) in [7, 11) is 0. The monoisotopic (exact) mass is 263 g/mol. The first-order valence-corrected chi connectivity index (χ1v) is 7.77. The van der Waals surface area contributed by atoms with E-state index in [0.717, 1.165) is 6.54 Å². The fraction of sp³-hybridized carbons (Fsp3) is 0.812. The minimum Gasteiger partial charge on any atom is -0.336 e. The average Bonchev–Trinajstić information content (AvgIpc) is 2.70. The molecule has 0 amide bonds. The highest BCUT2D eigenvalue weighted by Crippen LogP contribution is 2.24.